The molecule has 0 radical (unpaired) electrons. The second-order valence-corrected chi connectivity index (χ2v) is 6.38. The first kappa shape index (κ1) is 19.4. The normalized spacial score (nSPS) is 10.4. The number of carbonyl (C=O) groups excluding carboxylic acids is 2. The number of hydrogen-bond acceptors (Lipinski definition) is 3. The smallest absolute Gasteiger partial charge is 0.258 e. The maximum absolute atomic E-state index is 12.5. The molecular weight excluding hydrogens is 387 g/mol. The molecule has 0 aliphatic rings. The number of benzene rings is 2. The first-order valence-corrected chi connectivity index (χ1v) is 8.48. The van der Waals surface area contributed by atoms with E-state index >= 15 is 0 Å². The van der Waals surface area contributed by atoms with E-state index in [9.17, 15) is 14.7 Å². The molecular formula is C17H15Cl3N2O3. The van der Waals surface area contributed by atoms with Crippen LogP contribution in [0.2, 0.25) is 15.1 Å². The summed E-state index contributed by atoms with van der Waals surface area (Å²) in [6.07, 6.45) is 0. The van der Waals surface area contributed by atoms with Gasteiger partial charge in [0.05, 0.1) is 21.3 Å². The molecule has 0 saturated carbocycles. The van der Waals surface area contributed by atoms with Crippen molar-refractivity contribution in [1.82, 2.24) is 4.90 Å². The van der Waals surface area contributed by atoms with Crippen LogP contribution >= 0.6 is 34.8 Å². The minimum absolute atomic E-state index is 0.0259. The standard InChI is InChI=1S/C17H15Cl3N2O3/c1-2-22(17(25)11-8-10(18)6-7-14(11)23)9-15(24)21-16-12(19)4-3-5-13(16)20/h3-8,23H,2,9H2,1H3,(H,21,24). The van der Waals surface area contributed by atoms with Crippen LogP contribution in [0.5, 0.6) is 5.75 Å². The first-order chi connectivity index (χ1) is 11.8. The van der Waals surface area contributed by atoms with E-state index in [1.54, 1.807) is 25.1 Å². The van der Waals surface area contributed by atoms with Crippen LogP contribution in [0.1, 0.15) is 17.3 Å². The van der Waals surface area contributed by atoms with E-state index in [1.165, 1.54) is 23.1 Å². The molecule has 0 aromatic heterocycles. The lowest BCUT2D eigenvalue weighted by Crippen LogP contribution is -2.38. The van der Waals surface area contributed by atoms with Crippen LogP contribution < -0.4 is 5.32 Å². The number of likely N-dealkylation sites (N-methyl/N-ethyl adjacent to an activating group) is 1. The van der Waals surface area contributed by atoms with Gasteiger partial charge in [-0.25, -0.2) is 0 Å². The Hall–Kier alpha value is -1.95. The molecule has 0 heterocycles. The average molecular weight is 402 g/mol. The first-order valence-electron chi connectivity index (χ1n) is 7.35. The van der Waals surface area contributed by atoms with Gasteiger partial charge in [-0.3, -0.25) is 9.59 Å². The van der Waals surface area contributed by atoms with E-state index in [2.05, 4.69) is 5.32 Å². The largest absolute Gasteiger partial charge is 0.507 e. The lowest BCUT2D eigenvalue weighted by molar-refractivity contribution is -0.116. The molecule has 2 N–H and O–H groups in total. The van der Waals surface area contributed by atoms with Crippen LogP contribution in [0.3, 0.4) is 0 Å². The van der Waals surface area contributed by atoms with Gasteiger partial charge in [-0.2, -0.15) is 0 Å². The van der Waals surface area contributed by atoms with Crippen LogP contribution in [0.25, 0.3) is 0 Å². The van der Waals surface area contributed by atoms with E-state index in [0.29, 0.717) is 15.1 Å². The topological polar surface area (TPSA) is 69.6 Å². The van der Waals surface area contributed by atoms with E-state index in [-0.39, 0.29) is 30.1 Å². The second kappa shape index (κ2) is 8.43. The number of phenols is 1. The monoisotopic (exact) mass is 400 g/mol. The Balaban J connectivity index is 2.14. The molecule has 2 aromatic carbocycles. The number of para-hydroxylation sites is 1. The predicted molar refractivity (Wildman–Crippen MR) is 99.8 cm³/mol. The summed E-state index contributed by atoms with van der Waals surface area (Å²) in [6.45, 7) is 1.74. The Morgan fingerprint density at radius 2 is 1.76 bits per heavy atom. The minimum Gasteiger partial charge on any atom is -0.507 e. The van der Waals surface area contributed by atoms with Crippen molar-refractivity contribution in [1.29, 1.82) is 0 Å². The molecule has 0 saturated heterocycles. The number of carbonyl (C=O) groups is 2. The number of anilines is 1. The zero-order valence-corrected chi connectivity index (χ0v) is 15.5. The van der Waals surface area contributed by atoms with Crippen molar-refractivity contribution in [2.45, 2.75) is 6.92 Å². The Morgan fingerprint density at radius 3 is 2.36 bits per heavy atom. The third kappa shape index (κ3) is 4.78. The number of phenolic OH excluding ortho intramolecular Hbond substituents is 1. The fraction of sp³-hybridized carbons (Fsp3) is 0.176. The van der Waals surface area contributed by atoms with Gasteiger partial charge in [-0.05, 0) is 37.3 Å². The number of nitrogens with one attached hydrogen (secondary N) is 1. The van der Waals surface area contributed by atoms with Crippen LogP contribution in [-0.4, -0.2) is 34.9 Å². The second-order valence-electron chi connectivity index (χ2n) is 5.13. The number of amides is 2. The molecule has 0 fully saturated rings. The van der Waals surface area contributed by atoms with Gasteiger partial charge < -0.3 is 15.3 Å². The maximum Gasteiger partial charge on any atom is 0.258 e. The van der Waals surface area contributed by atoms with Crippen molar-refractivity contribution in [3.63, 3.8) is 0 Å². The van der Waals surface area contributed by atoms with Crippen molar-refractivity contribution < 1.29 is 14.7 Å². The Bertz CT molecular complexity index is 791. The number of rotatable bonds is 5. The summed E-state index contributed by atoms with van der Waals surface area (Å²) < 4.78 is 0. The highest BCUT2D eigenvalue weighted by molar-refractivity contribution is 6.39. The molecule has 8 heteroatoms. The average Bonchev–Trinajstić information content (AvgIpc) is 2.57. The fourth-order valence-electron chi connectivity index (χ4n) is 2.15. The summed E-state index contributed by atoms with van der Waals surface area (Å²) in [5.41, 5.74) is 0.308. The van der Waals surface area contributed by atoms with Gasteiger partial charge in [-0.15, -0.1) is 0 Å². The summed E-state index contributed by atoms with van der Waals surface area (Å²) >= 11 is 17.9. The zero-order valence-electron chi connectivity index (χ0n) is 13.2. The molecule has 5 nitrogen and oxygen atoms in total. The van der Waals surface area contributed by atoms with E-state index in [1.807, 2.05) is 0 Å². The lowest BCUT2D eigenvalue weighted by atomic mass is 10.1. The highest BCUT2D eigenvalue weighted by Crippen LogP contribution is 2.29. The molecule has 2 rings (SSSR count). The highest BCUT2D eigenvalue weighted by atomic mass is 35.5. The Kier molecular flexibility index (Phi) is 6.53. The molecule has 0 atom stereocenters. The van der Waals surface area contributed by atoms with Gasteiger partial charge in [0.2, 0.25) is 5.91 Å². The van der Waals surface area contributed by atoms with Gasteiger partial charge >= 0.3 is 0 Å². The van der Waals surface area contributed by atoms with Crippen LogP contribution in [-0.2, 0) is 4.79 Å². The fourth-order valence-corrected chi connectivity index (χ4v) is 2.81. The number of aromatic hydroxyl groups is 1. The van der Waals surface area contributed by atoms with Gasteiger partial charge in [0.25, 0.3) is 5.91 Å². The Morgan fingerprint density at radius 1 is 1.12 bits per heavy atom. The van der Waals surface area contributed by atoms with E-state index in [4.69, 9.17) is 34.8 Å². The number of hydrogen-bond donors (Lipinski definition) is 2. The van der Waals surface area contributed by atoms with Crippen molar-refractivity contribution in [3.8, 4) is 5.75 Å². The molecule has 0 unspecified atom stereocenters. The molecule has 25 heavy (non-hydrogen) atoms. The van der Waals surface area contributed by atoms with Crippen molar-refractivity contribution >= 4 is 52.3 Å². The number of halogens is 3. The molecule has 2 aromatic rings. The summed E-state index contributed by atoms with van der Waals surface area (Å²) in [5, 5.41) is 13.3. The lowest BCUT2D eigenvalue weighted by Gasteiger charge is -2.21. The SMILES string of the molecule is CCN(CC(=O)Nc1c(Cl)cccc1Cl)C(=O)c1cc(Cl)ccc1O. The molecule has 0 aliphatic carbocycles. The molecule has 2 amide bonds. The van der Waals surface area contributed by atoms with Crippen molar-refractivity contribution in [2.24, 2.45) is 0 Å². The van der Waals surface area contributed by atoms with Crippen LogP contribution in [0.15, 0.2) is 36.4 Å². The summed E-state index contributed by atoms with van der Waals surface area (Å²) in [4.78, 5) is 26.1. The third-order valence-electron chi connectivity index (χ3n) is 3.42. The number of nitrogens with zero attached hydrogens (tertiary/aromatic N) is 1. The quantitative estimate of drug-likeness (QED) is 0.777. The molecule has 0 spiro atoms. The van der Waals surface area contributed by atoms with Crippen LogP contribution in [0.4, 0.5) is 5.69 Å². The predicted octanol–water partition coefficient (Wildman–Crippen LogP) is 4.45. The Labute approximate surface area is 160 Å². The van der Waals surface area contributed by atoms with Gasteiger partial charge in [-0.1, -0.05) is 40.9 Å². The van der Waals surface area contributed by atoms with Crippen molar-refractivity contribution in [2.75, 3.05) is 18.4 Å². The van der Waals surface area contributed by atoms with Gasteiger partial charge in [0.1, 0.15) is 12.3 Å². The summed E-state index contributed by atoms with van der Waals surface area (Å²) in [7, 11) is 0. The third-order valence-corrected chi connectivity index (χ3v) is 4.28. The molecule has 132 valence electrons. The molecule has 0 aliphatic heterocycles. The van der Waals surface area contributed by atoms with Crippen LogP contribution in [0, 0.1) is 0 Å². The highest BCUT2D eigenvalue weighted by Gasteiger charge is 2.21. The zero-order chi connectivity index (χ0) is 18.6. The summed E-state index contributed by atoms with van der Waals surface area (Å²) in [5.74, 6) is -1.18. The van der Waals surface area contributed by atoms with Gasteiger partial charge in [0, 0.05) is 11.6 Å². The van der Waals surface area contributed by atoms with E-state index < -0.39 is 11.8 Å². The van der Waals surface area contributed by atoms with Gasteiger partial charge in [0.15, 0.2) is 0 Å². The minimum atomic E-state index is -0.511. The molecule has 0 bridgehead atoms. The summed E-state index contributed by atoms with van der Waals surface area (Å²) in [6, 6.07) is 8.99. The maximum atomic E-state index is 12.5. The van der Waals surface area contributed by atoms with Crippen molar-refractivity contribution in [3.05, 3.63) is 57.0 Å². The van der Waals surface area contributed by atoms with E-state index in [0.717, 1.165) is 0 Å².